The highest BCUT2D eigenvalue weighted by molar-refractivity contribution is 7.91. The maximum atomic E-state index is 11.4. The van der Waals surface area contributed by atoms with E-state index in [9.17, 15) is 18.6 Å². The summed E-state index contributed by atoms with van der Waals surface area (Å²) in [5, 5.41) is 22.6. The van der Waals surface area contributed by atoms with E-state index in [0.29, 0.717) is 25.3 Å². The normalized spacial score (nSPS) is 21.8. The van der Waals surface area contributed by atoms with Gasteiger partial charge in [0.2, 0.25) is 0 Å². The van der Waals surface area contributed by atoms with Crippen molar-refractivity contribution in [2.45, 2.75) is 25.3 Å². The third-order valence-electron chi connectivity index (χ3n) is 4.25. The molecular weight excluding hydrogens is 290 g/mol. The highest BCUT2D eigenvalue weighted by atomic mass is 32.2. The summed E-state index contributed by atoms with van der Waals surface area (Å²) in [6.45, 7) is 2.44. The Morgan fingerprint density at radius 3 is 2.57 bits per heavy atom. The smallest absolute Gasteiger partial charge is 0.150 e. The molecule has 0 amide bonds. The molecule has 3 N–H and O–H groups in total. The van der Waals surface area contributed by atoms with Crippen LogP contribution in [0.3, 0.4) is 0 Å². The maximum absolute atomic E-state index is 11.4. The van der Waals surface area contributed by atoms with Crippen LogP contribution in [0.25, 0.3) is 0 Å². The van der Waals surface area contributed by atoms with Crippen LogP contribution in [0.15, 0.2) is 24.3 Å². The zero-order chi connectivity index (χ0) is 15.5. The van der Waals surface area contributed by atoms with Gasteiger partial charge in [0, 0.05) is 0 Å². The second-order valence-corrected chi connectivity index (χ2v) is 8.32. The van der Waals surface area contributed by atoms with E-state index in [4.69, 9.17) is 0 Å². The molecule has 1 aliphatic heterocycles. The molecule has 6 heteroatoms. The third-order valence-corrected chi connectivity index (χ3v) is 5.97. The lowest BCUT2D eigenvalue weighted by Gasteiger charge is -2.32. The molecule has 118 valence electrons. The number of nitrogens with one attached hydrogen (secondary N) is 1. The molecule has 1 aromatic rings. The van der Waals surface area contributed by atoms with Gasteiger partial charge in [-0.2, -0.15) is 0 Å². The summed E-state index contributed by atoms with van der Waals surface area (Å²) in [5.41, 5.74) is 0.170. The first-order valence-corrected chi connectivity index (χ1v) is 9.03. The van der Waals surface area contributed by atoms with Gasteiger partial charge < -0.3 is 15.5 Å². The van der Waals surface area contributed by atoms with Gasteiger partial charge in [-0.1, -0.05) is 12.1 Å². The average Bonchev–Trinajstić information content (AvgIpc) is 2.46. The summed E-state index contributed by atoms with van der Waals surface area (Å²) in [7, 11) is -2.84. The molecule has 21 heavy (non-hydrogen) atoms. The van der Waals surface area contributed by atoms with Gasteiger partial charge in [0.15, 0.2) is 0 Å². The van der Waals surface area contributed by atoms with Crippen LogP contribution >= 0.6 is 0 Å². The van der Waals surface area contributed by atoms with Crippen LogP contribution < -0.4 is 5.32 Å². The van der Waals surface area contributed by atoms with E-state index in [1.165, 1.54) is 0 Å². The lowest BCUT2D eigenvalue weighted by atomic mass is 9.91. The molecule has 1 saturated heterocycles. The lowest BCUT2D eigenvalue weighted by molar-refractivity contribution is 0.167. The van der Waals surface area contributed by atoms with Crippen LogP contribution in [-0.4, -0.2) is 43.3 Å². The number of aliphatic hydroxyl groups is 1. The first-order chi connectivity index (χ1) is 9.85. The fourth-order valence-corrected chi connectivity index (χ4v) is 4.20. The number of phenols is 1. The highest BCUT2D eigenvalue weighted by Crippen LogP contribution is 2.25. The molecule has 1 aromatic carbocycles. The van der Waals surface area contributed by atoms with Gasteiger partial charge in [-0.15, -0.1) is 0 Å². The Bertz CT molecular complexity index is 573. The quantitative estimate of drug-likeness (QED) is 0.755. The van der Waals surface area contributed by atoms with Crippen molar-refractivity contribution >= 4 is 9.84 Å². The van der Waals surface area contributed by atoms with E-state index >= 15 is 0 Å². The van der Waals surface area contributed by atoms with Crippen LogP contribution in [0.1, 0.15) is 25.3 Å². The third kappa shape index (κ3) is 4.18. The Labute approximate surface area is 125 Å². The van der Waals surface area contributed by atoms with E-state index in [-0.39, 0.29) is 23.9 Å². The molecule has 1 atom stereocenters. The molecule has 5 nitrogen and oxygen atoms in total. The van der Waals surface area contributed by atoms with Crippen molar-refractivity contribution < 1.29 is 18.6 Å². The van der Waals surface area contributed by atoms with Crippen molar-refractivity contribution in [1.82, 2.24) is 5.32 Å². The SMILES string of the molecule is CC(CO)(NCC1CCS(=O)(=O)CC1)c1cccc(O)c1. The molecule has 0 saturated carbocycles. The Kier molecular flexibility index (Phi) is 4.91. The fourth-order valence-electron chi connectivity index (χ4n) is 2.61. The highest BCUT2D eigenvalue weighted by Gasteiger charge is 2.29. The number of aromatic hydroxyl groups is 1. The topological polar surface area (TPSA) is 86.6 Å². The molecule has 2 rings (SSSR count). The van der Waals surface area contributed by atoms with Gasteiger partial charge in [-0.3, -0.25) is 0 Å². The van der Waals surface area contributed by atoms with Gasteiger partial charge in [0.25, 0.3) is 0 Å². The summed E-state index contributed by atoms with van der Waals surface area (Å²) in [5.74, 6) is 0.970. The molecule has 0 aliphatic carbocycles. The Morgan fingerprint density at radius 1 is 1.33 bits per heavy atom. The zero-order valence-corrected chi connectivity index (χ0v) is 13.1. The first-order valence-electron chi connectivity index (χ1n) is 7.20. The Hall–Kier alpha value is -1.11. The number of hydrogen-bond donors (Lipinski definition) is 3. The molecular formula is C15H23NO4S. The Morgan fingerprint density at radius 2 is 2.00 bits per heavy atom. The first kappa shape index (κ1) is 16.3. The van der Waals surface area contributed by atoms with Crippen LogP contribution in [0.4, 0.5) is 0 Å². The molecule has 0 radical (unpaired) electrons. The van der Waals surface area contributed by atoms with E-state index in [2.05, 4.69) is 5.32 Å². The average molecular weight is 313 g/mol. The van der Waals surface area contributed by atoms with Crippen LogP contribution in [0, 0.1) is 5.92 Å². The maximum Gasteiger partial charge on any atom is 0.150 e. The molecule has 0 bridgehead atoms. The number of aliphatic hydroxyl groups excluding tert-OH is 1. The number of phenolic OH excluding ortho intramolecular Hbond substituents is 1. The summed E-state index contributed by atoms with van der Waals surface area (Å²) in [6.07, 6.45) is 1.33. The number of rotatable bonds is 5. The predicted octanol–water partition coefficient (Wildman–Crippen LogP) is 1.01. The molecule has 1 heterocycles. The standard InChI is InChI=1S/C15H23NO4S/c1-15(11-17,13-3-2-4-14(18)9-13)16-10-12-5-7-21(19,20)8-6-12/h2-4,9,12,16-18H,5-8,10-11H2,1H3. The minimum absolute atomic E-state index is 0.0958. The molecule has 1 fully saturated rings. The molecule has 1 aliphatic rings. The second-order valence-electron chi connectivity index (χ2n) is 6.02. The van der Waals surface area contributed by atoms with Crippen molar-refractivity contribution in [2.75, 3.05) is 24.7 Å². The second kappa shape index (κ2) is 6.34. The van der Waals surface area contributed by atoms with E-state index < -0.39 is 15.4 Å². The minimum Gasteiger partial charge on any atom is -0.508 e. The van der Waals surface area contributed by atoms with Crippen molar-refractivity contribution in [3.63, 3.8) is 0 Å². The van der Waals surface area contributed by atoms with Gasteiger partial charge in [-0.25, -0.2) is 8.42 Å². The summed E-state index contributed by atoms with van der Waals surface area (Å²) in [4.78, 5) is 0. The van der Waals surface area contributed by atoms with Gasteiger partial charge in [0.1, 0.15) is 15.6 Å². The number of hydrogen-bond acceptors (Lipinski definition) is 5. The van der Waals surface area contributed by atoms with E-state index in [0.717, 1.165) is 5.56 Å². The molecule has 0 aromatic heterocycles. The monoisotopic (exact) mass is 313 g/mol. The number of sulfone groups is 1. The van der Waals surface area contributed by atoms with Crippen LogP contribution in [0.5, 0.6) is 5.75 Å². The van der Waals surface area contributed by atoms with E-state index in [1.54, 1.807) is 18.2 Å². The van der Waals surface area contributed by atoms with E-state index in [1.807, 2.05) is 13.0 Å². The lowest BCUT2D eigenvalue weighted by Crippen LogP contribution is -2.46. The van der Waals surface area contributed by atoms with Crippen molar-refractivity contribution in [2.24, 2.45) is 5.92 Å². The largest absolute Gasteiger partial charge is 0.508 e. The molecule has 0 spiro atoms. The predicted molar refractivity (Wildman–Crippen MR) is 81.9 cm³/mol. The van der Waals surface area contributed by atoms with Crippen LogP contribution in [0.2, 0.25) is 0 Å². The summed E-state index contributed by atoms with van der Waals surface area (Å²) < 4.78 is 22.8. The van der Waals surface area contributed by atoms with Gasteiger partial charge in [-0.05, 0) is 49.9 Å². The minimum atomic E-state index is -2.84. The van der Waals surface area contributed by atoms with Crippen molar-refractivity contribution in [1.29, 1.82) is 0 Å². The number of benzene rings is 1. The van der Waals surface area contributed by atoms with Crippen LogP contribution in [-0.2, 0) is 15.4 Å². The summed E-state index contributed by atoms with van der Waals surface area (Å²) >= 11 is 0. The van der Waals surface area contributed by atoms with Gasteiger partial charge >= 0.3 is 0 Å². The van der Waals surface area contributed by atoms with Crippen molar-refractivity contribution in [3.8, 4) is 5.75 Å². The fraction of sp³-hybridized carbons (Fsp3) is 0.600. The van der Waals surface area contributed by atoms with Crippen molar-refractivity contribution in [3.05, 3.63) is 29.8 Å². The molecule has 1 unspecified atom stereocenters. The van der Waals surface area contributed by atoms with Gasteiger partial charge in [0.05, 0.1) is 23.7 Å². The zero-order valence-electron chi connectivity index (χ0n) is 12.2. The Balaban J connectivity index is 1.99. The summed E-state index contributed by atoms with van der Waals surface area (Å²) in [6, 6.07) is 6.82.